The highest BCUT2D eigenvalue weighted by Crippen LogP contribution is 2.27. The van der Waals surface area contributed by atoms with E-state index in [0.717, 1.165) is 10.0 Å². The second-order valence-corrected chi connectivity index (χ2v) is 5.37. The summed E-state index contributed by atoms with van der Waals surface area (Å²) in [5, 5.41) is 0.447. The van der Waals surface area contributed by atoms with Crippen LogP contribution in [0.5, 0.6) is 5.75 Å². The number of hydrogen-bond donors (Lipinski definition) is 2. The van der Waals surface area contributed by atoms with E-state index in [9.17, 15) is 4.79 Å². The van der Waals surface area contributed by atoms with Gasteiger partial charge < -0.3 is 15.5 Å². The second-order valence-electron chi connectivity index (χ2n) is 4.52. The van der Waals surface area contributed by atoms with Crippen molar-refractivity contribution in [2.75, 3.05) is 5.73 Å². The predicted octanol–water partition coefficient (Wildman–Crippen LogP) is 2.85. The number of nitrogen functional groups attached to an aromatic ring is 1. The Labute approximate surface area is 128 Å². The quantitative estimate of drug-likeness (QED) is 0.715. The summed E-state index contributed by atoms with van der Waals surface area (Å²) in [6, 6.07) is 11.0. The maximum atomic E-state index is 11.7. The summed E-state index contributed by atoms with van der Waals surface area (Å²) >= 11 is 3.47. The molecule has 0 aliphatic rings. The summed E-state index contributed by atoms with van der Waals surface area (Å²) in [5.74, 6) is 0.511. The lowest BCUT2D eigenvalue weighted by atomic mass is 10.2. The van der Waals surface area contributed by atoms with Crippen molar-refractivity contribution in [3.63, 3.8) is 0 Å². The monoisotopic (exact) mass is 345 g/mol. The molecule has 2 aromatic carbocycles. The molecular formula is C15H12BrN3O2. The summed E-state index contributed by atoms with van der Waals surface area (Å²) in [7, 11) is 0. The minimum Gasteiger partial charge on any atom is -0.487 e. The number of nitrogens with zero attached hydrogens (tertiary/aromatic N) is 1. The van der Waals surface area contributed by atoms with E-state index in [1.807, 2.05) is 24.3 Å². The molecule has 0 aliphatic heterocycles. The van der Waals surface area contributed by atoms with Crippen LogP contribution in [0.3, 0.4) is 0 Å². The Hall–Kier alpha value is -2.34. The zero-order valence-electron chi connectivity index (χ0n) is 11.0. The van der Waals surface area contributed by atoms with Gasteiger partial charge >= 0.3 is 0 Å². The number of aromatic nitrogens is 2. The molecule has 3 N–H and O–H groups in total. The van der Waals surface area contributed by atoms with Crippen LogP contribution in [-0.4, -0.2) is 9.97 Å². The van der Waals surface area contributed by atoms with Crippen LogP contribution in [0.2, 0.25) is 0 Å². The highest BCUT2D eigenvalue weighted by Gasteiger charge is 2.08. The fraction of sp³-hybridized carbons (Fsp3) is 0.0667. The lowest BCUT2D eigenvalue weighted by molar-refractivity contribution is 0.307. The summed E-state index contributed by atoms with van der Waals surface area (Å²) in [4.78, 5) is 18.3. The molecule has 3 rings (SSSR count). The molecule has 0 radical (unpaired) electrons. The summed E-state index contributed by atoms with van der Waals surface area (Å²) < 4.78 is 6.72. The number of nitrogens with one attached hydrogen (secondary N) is 1. The third kappa shape index (κ3) is 2.75. The standard InChI is InChI=1S/C15H12BrN3O2/c16-11-4-2-1-3-9(11)7-21-14-6-13-10(5-12(14)17)15(20)19-8-18-13/h1-6,8H,7,17H2,(H,18,19,20). The second kappa shape index (κ2) is 5.57. The van der Waals surface area contributed by atoms with Crippen LogP contribution < -0.4 is 16.0 Å². The van der Waals surface area contributed by atoms with Gasteiger partial charge in [-0.1, -0.05) is 34.1 Å². The molecule has 0 spiro atoms. The van der Waals surface area contributed by atoms with Crippen LogP contribution in [0, 0.1) is 0 Å². The van der Waals surface area contributed by atoms with E-state index < -0.39 is 0 Å². The molecular weight excluding hydrogens is 334 g/mol. The number of anilines is 1. The largest absolute Gasteiger partial charge is 0.487 e. The van der Waals surface area contributed by atoms with Gasteiger partial charge in [0.05, 0.1) is 22.9 Å². The van der Waals surface area contributed by atoms with Gasteiger partial charge in [0.15, 0.2) is 0 Å². The summed E-state index contributed by atoms with van der Waals surface area (Å²) in [6.07, 6.45) is 1.36. The zero-order chi connectivity index (χ0) is 14.8. The maximum absolute atomic E-state index is 11.7. The Morgan fingerprint density at radius 1 is 1.29 bits per heavy atom. The first-order chi connectivity index (χ1) is 10.1. The van der Waals surface area contributed by atoms with E-state index in [1.54, 1.807) is 12.1 Å². The van der Waals surface area contributed by atoms with E-state index in [4.69, 9.17) is 10.5 Å². The number of benzene rings is 2. The number of H-pyrrole nitrogens is 1. The Morgan fingerprint density at radius 2 is 2.10 bits per heavy atom. The van der Waals surface area contributed by atoms with Gasteiger partial charge in [-0.2, -0.15) is 0 Å². The Bertz CT molecular complexity index is 861. The molecule has 0 amide bonds. The van der Waals surface area contributed by atoms with Crippen molar-refractivity contribution in [1.82, 2.24) is 9.97 Å². The van der Waals surface area contributed by atoms with Crippen LogP contribution in [0.4, 0.5) is 5.69 Å². The van der Waals surface area contributed by atoms with Gasteiger partial charge in [0.2, 0.25) is 0 Å². The number of nitrogens with two attached hydrogens (primary N) is 1. The number of aromatic amines is 1. The summed E-state index contributed by atoms with van der Waals surface area (Å²) in [6.45, 7) is 0.375. The number of fused-ring (bicyclic) bond motifs is 1. The van der Waals surface area contributed by atoms with E-state index in [-0.39, 0.29) is 5.56 Å². The van der Waals surface area contributed by atoms with Crippen LogP contribution >= 0.6 is 15.9 Å². The molecule has 21 heavy (non-hydrogen) atoms. The van der Waals surface area contributed by atoms with Crippen molar-refractivity contribution in [2.24, 2.45) is 0 Å². The highest BCUT2D eigenvalue weighted by atomic mass is 79.9. The first kappa shape index (κ1) is 13.6. The summed E-state index contributed by atoms with van der Waals surface area (Å²) in [5.41, 5.74) is 7.69. The van der Waals surface area contributed by atoms with Crippen molar-refractivity contribution in [3.05, 3.63) is 63.1 Å². The van der Waals surface area contributed by atoms with E-state index in [1.165, 1.54) is 6.33 Å². The molecule has 0 aliphatic carbocycles. The van der Waals surface area contributed by atoms with Gasteiger partial charge in [-0.05, 0) is 12.1 Å². The topological polar surface area (TPSA) is 81.0 Å². The third-order valence-electron chi connectivity index (χ3n) is 3.11. The van der Waals surface area contributed by atoms with Gasteiger partial charge in [-0.3, -0.25) is 4.79 Å². The number of rotatable bonds is 3. The van der Waals surface area contributed by atoms with Crippen molar-refractivity contribution >= 4 is 32.5 Å². The van der Waals surface area contributed by atoms with Gasteiger partial charge in [-0.15, -0.1) is 0 Å². The molecule has 1 heterocycles. The normalized spacial score (nSPS) is 10.7. The van der Waals surface area contributed by atoms with E-state index in [0.29, 0.717) is 28.9 Å². The average molecular weight is 346 g/mol. The van der Waals surface area contributed by atoms with Crippen LogP contribution in [-0.2, 0) is 6.61 Å². The lowest BCUT2D eigenvalue weighted by Crippen LogP contribution is -2.07. The molecule has 0 saturated carbocycles. The molecule has 106 valence electrons. The molecule has 0 unspecified atom stereocenters. The number of halogens is 1. The zero-order valence-corrected chi connectivity index (χ0v) is 12.6. The third-order valence-corrected chi connectivity index (χ3v) is 3.89. The number of hydrogen-bond acceptors (Lipinski definition) is 4. The molecule has 0 saturated heterocycles. The van der Waals surface area contributed by atoms with E-state index >= 15 is 0 Å². The molecule has 5 nitrogen and oxygen atoms in total. The van der Waals surface area contributed by atoms with Gasteiger partial charge in [0.25, 0.3) is 5.56 Å². The maximum Gasteiger partial charge on any atom is 0.258 e. The predicted molar refractivity (Wildman–Crippen MR) is 85.3 cm³/mol. The van der Waals surface area contributed by atoms with Crippen LogP contribution in [0.15, 0.2) is 52.0 Å². The fourth-order valence-electron chi connectivity index (χ4n) is 2.01. The highest BCUT2D eigenvalue weighted by molar-refractivity contribution is 9.10. The van der Waals surface area contributed by atoms with Crippen molar-refractivity contribution < 1.29 is 4.74 Å². The Kier molecular flexibility index (Phi) is 3.62. The first-order valence-electron chi connectivity index (χ1n) is 6.28. The van der Waals surface area contributed by atoms with Crippen molar-refractivity contribution in [3.8, 4) is 5.75 Å². The van der Waals surface area contributed by atoms with E-state index in [2.05, 4.69) is 25.9 Å². The molecule has 0 atom stereocenters. The van der Waals surface area contributed by atoms with Gasteiger partial charge in [-0.25, -0.2) is 4.98 Å². The smallest absolute Gasteiger partial charge is 0.258 e. The lowest BCUT2D eigenvalue weighted by Gasteiger charge is -2.10. The van der Waals surface area contributed by atoms with Crippen LogP contribution in [0.1, 0.15) is 5.56 Å². The fourth-order valence-corrected chi connectivity index (χ4v) is 2.41. The number of ether oxygens (including phenoxy) is 1. The SMILES string of the molecule is Nc1cc2c(=O)[nH]cnc2cc1OCc1ccccc1Br. The van der Waals surface area contributed by atoms with Gasteiger partial charge in [0.1, 0.15) is 12.4 Å². The Balaban J connectivity index is 1.93. The molecule has 6 heteroatoms. The molecule has 1 aromatic heterocycles. The van der Waals surface area contributed by atoms with Crippen LogP contribution in [0.25, 0.3) is 10.9 Å². The molecule has 0 bridgehead atoms. The van der Waals surface area contributed by atoms with Crippen molar-refractivity contribution in [2.45, 2.75) is 6.61 Å². The minimum absolute atomic E-state index is 0.218. The minimum atomic E-state index is -0.218. The average Bonchev–Trinajstić information content (AvgIpc) is 2.48. The van der Waals surface area contributed by atoms with Gasteiger partial charge in [0, 0.05) is 16.1 Å². The molecule has 3 aromatic rings. The Morgan fingerprint density at radius 3 is 2.90 bits per heavy atom. The first-order valence-corrected chi connectivity index (χ1v) is 7.07. The van der Waals surface area contributed by atoms with Crippen molar-refractivity contribution in [1.29, 1.82) is 0 Å². The molecule has 0 fully saturated rings.